The SMILES string of the molecule is Cc1cc(N(C)Cc2cccc(Cl)c2)c(C#N)c(C)n1. The first-order valence-electron chi connectivity index (χ1n) is 6.35. The van der Waals surface area contributed by atoms with E-state index in [4.69, 9.17) is 11.6 Å². The van der Waals surface area contributed by atoms with Crippen molar-refractivity contribution in [3.05, 3.63) is 57.9 Å². The second-order valence-corrected chi connectivity index (χ2v) is 5.28. The first-order chi connectivity index (χ1) is 9.51. The monoisotopic (exact) mass is 285 g/mol. The van der Waals surface area contributed by atoms with Gasteiger partial charge < -0.3 is 4.90 Å². The molecule has 0 atom stereocenters. The first kappa shape index (κ1) is 14.4. The van der Waals surface area contributed by atoms with E-state index >= 15 is 0 Å². The van der Waals surface area contributed by atoms with Gasteiger partial charge >= 0.3 is 0 Å². The van der Waals surface area contributed by atoms with Crippen LogP contribution in [0.4, 0.5) is 5.69 Å². The lowest BCUT2D eigenvalue weighted by atomic mass is 10.1. The molecule has 0 unspecified atom stereocenters. The maximum absolute atomic E-state index is 9.31. The summed E-state index contributed by atoms with van der Waals surface area (Å²) in [5.74, 6) is 0. The summed E-state index contributed by atoms with van der Waals surface area (Å²) in [5.41, 5.74) is 4.31. The summed E-state index contributed by atoms with van der Waals surface area (Å²) in [6, 6.07) is 11.9. The smallest absolute Gasteiger partial charge is 0.103 e. The molecule has 0 spiro atoms. The Hall–Kier alpha value is -2.05. The lowest BCUT2D eigenvalue weighted by Crippen LogP contribution is -2.18. The topological polar surface area (TPSA) is 39.9 Å². The van der Waals surface area contributed by atoms with Gasteiger partial charge in [0.05, 0.1) is 16.9 Å². The molecule has 0 fully saturated rings. The Labute approximate surface area is 124 Å². The summed E-state index contributed by atoms with van der Waals surface area (Å²) in [5, 5.41) is 10.0. The predicted octanol–water partition coefficient (Wildman–Crippen LogP) is 3.86. The van der Waals surface area contributed by atoms with Crippen molar-refractivity contribution in [2.75, 3.05) is 11.9 Å². The zero-order valence-electron chi connectivity index (χ0n) is 11.8. The van der Waals surface area contributed by atoms with Crippen LogP contribution >= 0.6 is 11.6 Å². The molecule has 4 heteroatoms. The van der Waals surface area contributed by atoms with Crippen molar-refractivity contribution in [2.24, 2.45) is 0 Å². The lowest BCUT2D eigenvalue weighted by molar-refractivity contribution is 0.911. The fraction of sp³-hybridized carbons (Fsp3) is 0.250. The van der Waals surface area contributed by atoms with Gasteiger partial charge in [0, 0.05) is 24.3 Å². The number of pyridine rings is 1. The molecule has 0 saturated heterocycles. The molecule has 0 amide bonds. The van der Waals surface area contributed by atoms with Gasteiger partial charge in [0.2, 0.25) is 0 Å². The number of halogens is 1. The van der Waals surface area contributed by atoms with Crippen molar-refractivity contribution >= 4 is 17.3 Å². The molecule has 0 radical (unpaired) electrons. The Morgan fingerprint density at radius 2 is 2.05 bits per heavy atom. The summed E-state index contributed by atoms with van der Waals surface area (Å²) in [7, 11) is 1.97. The molecule has 0 aliphatic rings. The molecule has 3 nitrogen and oxygen atoms in total. The van der Waals surface area contributed by atoms with E-state index in [1.165, 1.54) is 0 Å². The summed E-state index contributed by atoms with van der Waals surface area (Å²) in [4.78, 5) is 6.39. The molecule has 1 aromatic carbocycles. The van der Waals surface area contributed by atoms with Gasteiger partial charge in [-0.2, -0.15) is 5.26 Å². The number of rotatable bonds is 3. The summed E-state index contributed by atoms with van der Waals surface area (Å²) < 4.78 is 0. The molecular formula is C16H16ClN3. The molecule has 2 rings (SSSR count). The average Bonchev–Trinajstić information content (AvgIpc) is 2.37. The van der Waals surface area contributed by atoms with Crippen molar-refractivity contribution in [1.29, 1.82) is 5.26 Å². The van der Waals surface area contributed by atoms with Crippen molar-refractivity contribution in [2.45, 2.75) is 20.4 Å². The van der Waals surface area contributed by atoms with Crippen LogP contribution in [0.5, 0.6) is 0 Å². The molecule has 2 aromatic rings. The number of anilines is 1. The molecule has 0 aliphatic heterocycles. The molecule has 0 N–H and O–H groups in total. The second kappa shape index (κ2) is 5.94. The number of aryl methyl sites for hydroxylation is 2. The maximum atomic E-state index is 9.31. The number of nitrogens with zero attached hydrogens (tertiary/aromatic N) is 3. The molecule has 102 valence electrons. The van der Waals surface area contributed by atoms with Gasteiger partial charge in [-0.1, -0.05) is 23.7 Å². The van der Waals surface area contributed by atoms with Crippen molar-refractivity contribution in [3.8, 4) is 6.07 Å². The van der Waals surface area contributed by atoms with Gasteiger partial charge in [0.1, 0.15) is 6.07 Å². The average molecular weight is 286 g/mol. The first-order valence-corrected chi connectivity index (χ1v) is 6.73. The van der Waals surface area contributed by atoms with E-state index in [2.05, 4.69) is 11.1 Å². The fourth-order valence-electron chi connectivity index (χ4n) is 2.24. The van der Waals surface area contributed by atoms with Crippen LogP contribution in [-0.4, -0.2) is 12.0 Å². The molecule has 1 heterocycles. The number of hydrogen-bond acceptors (Lipinski definition) is 3. The summed E-state index contributed by atoms with van der Waals surface area (Å²) in [6.45, 7) is 4.49. The molecule has 0 aliphatic carbocycles. The van der Waals surface area contributed by atoms with Crippen LogP contribution in [0.15, 0.2) is 30.3 Å². The van der Waals surface area contributed by atoms with E-state index in [0.29, 0.717) is 12.1 Å². The third-order valence-electron chi connectivity index (χ3n) is 3.14. The highest BCUT2D eigenvalue weighted by Crippen LogP contribution is 2.24. The van der Waals surface area contributed by atoms with Crippen LogP contribution in [0.1, 0.15) is 22.5 Å². The number of aromatic nitrogens is 1. The highest BCUT2D eigenvalue weighted by atomic mass is 35.5. The van der Waals surface area contributed by atoms with Crippen LogP contribution in [0.2, 0.25) is 5.02 Å². The van der Waals surface area contributed by atoms with Crippen LogP contribution in [0, 0.1) is 25.2 Å². The standard InChI is InChI=1S/C16H16ClN3/c1-11-7-16(15(9-18)12(2)19-11)20(3)10-13-5-4-6-14(17)8-13/h4-8H,10H2,1-3H3. The number of nitriles is 1. The van der Waals surface area contributed by atoms with Crippen LogP contribution in [-0.2, 0) is 6.54 Å². The minimum Gasteiger partial charge on any atom is -0.369 e. The summed E-state index contributed by atoms with van der Waals surface area (Å²) >= 11 is 6.00. The van der Waals surface area contributed by atoms with Gasteiger partial charge in [-0.25, -0.2) is 0 Å². The van der Waals surface area contributed by atoms with Crippen LogP contribution < -0.4 is 4.90 Å². The van der Waals surface area contributed by atoms with Gasteiger partial charge in [-0.15, -0.1) is 0 Å². The van der Waals surface area contributed by atoms with Crippen LogP contribution in [0.25, 0.3) is 0 Å². The highest BCUT2D eigenvalue weighted by Gasteiger charge is 2.12. The minimum absolute atomic E-state index is 0.625. The van der Waals surface area contributed by atoms with E-state index in [-0.39, 0.29) is 0 Å². The van der Waals surface area contributed by atoms with E-state index in [9.17, 15) is 5.26 Å². The van der Waals surface area contributed by atoms with Gasteiger partial charge in [-0.05, 0) is 37.6 Å². The Balaban J connectivity index is 2.34. The van der Waals surface area contributed by atoms with Crippen molar-refractivity contribution in [1.82, 2.24) is 4.98 Å². The Bertz CT molecular complexity index is 674. The molecule has 0 bridgehead atoms. The predicted molar refractivity (Wildman–Crippen MR) is 82.0 cm³/mol. The molecule has 20 heavy (non-hydrogen) atoms. The minimum atomic E-state index is 0.625. The van der Waals surface area contributed by atoms with Gasteiger partial charge in [-0.3, -0.25) is 4.98 Å². The number of benzene rings is 1. The van der Waals surface area contributed by atoms with Crippen molar-refractivity contribution < 1.29 is 0 Å². The van der Waals surface area contributed by atoms with Gasteiger partial charge in [0.15, 0.2) is 0 Å². The Morgan fingerprint density at radius 3 is 2.70 bits per heavy atom. The van der Waals surface area contributed by atoms with E-state index in [1.54, 1.807) is 0 Å². The second-order valence-electron chi connectivity index (χ2n) is 4.84. The number of hydrogen-bond donors (Lipinski definition) is 0. The lowest BCUT2D eigenvalue weighted by Gasteiger charge is -2.22. The zero-order chi connectivity index (χ0) is 14.7. The molecule has 1 aromatic heterocycles. The molecule has 0 saturated carbocycles. The van der Waals surface area contributed by atoms with Gasteiger partial charge in [0.25, 0.3) is 0 Å². The quantitative estimate of drug-likeness (QED) is 0.860. The highest BCUT2D eigenvalue weighted by molar-refractivity contribution is 6.30. The fourth-order valence-corrected chi connectivity index (χ4v) is 2.45. The van der Waals surface area contributed by atoms with E-state index in [1.807, 2.05) is 56.1 Å². The third-order valence-corrected chi connectivity index (χ3v) is 3.37. The largest absolute Gasteiger partial charge is 0.369 e. The Morgan fingerprint density at radius 1 is 1.30 bits per heavy atom. The van der Waals surface area contributed by atoms with Crippen molar-refractivity contribution in [3.63, 3.8) is 0 Å². The normalized spacial score (nSPS) is 10.2. The Kier molecular flexibility index (Phi) is 4.26. The zero-order valence-corrected chi connectivity index (χ0v) is 12.6. The molecular weight excluding hydrogens is 270 g/mol. The summed E-state index contributed by atoms with van der Waals surface area (Å²) in [6.07, 6.45) is 0. The van der Waals surface area contributed by atoms with E-state index in [0.717, 1.165) is 27.7 Å². The third kappa shape index (κ3) is 3.09. The van der Waals surface area contributed by atoms with E-state index < -0.39 is 0 Å². The maximum Gasteiger partial charge on any atom is 0.103 e. The van der Waals surface area contributed by atoms with Crippen LogP contribution in [0.3, 0.4) is 0 Å².